The second-order valence-corrected chi connectivity index (χ2v) is 5.60. The lowest BCUT2D eigenvalue weighted by Crippen LogP contribution is -2.35. The molecule has 1 saturated heterocycles. The van der Waals surface area contributed by atoms with Gasteiger partial charge in [0.05, 0.1) is 24.9 Å². The molecule has 19 heavy (non-hydrogen) atoms. The lowest BCUT2D eigenvalue weighted by Gasteiger charge is -2.21. The van der Waals surface area contributed by atoms with E-state index in [1.165, 1.54) is 0 Å². The Balaban J connectivity index is 1.90. The maximum atomic E-state index is 5.48. The van der Waals surface area contributed by atoms with E-state index in [0.717, 1.165) is 40.4 Å². The number of nitrogens with zero attached hydrogens (tertiary/aromatic N) is 1. The molecule has 0 saturated carbocycles. The highest BCUT2D eigenvalue weighted by atomic mass is 79.9. The zero-order valence-electron chi connectivity index (χ0n) is 10.7. The van der Waals surface area contributed by atoms with Crippen molar-refractivity contribution in [2.75, 3.05) is 19.8 Å². The number of H-pyrrole nitrogens is 1. The molecule has 2 N–H and O–H groups in total. The summed E-state index contributed by atoms with van der Waals surface area (Å²) in [5.74, 6) is 0.954. The zero-order valence-corrected chi connectivity index (χ0v) is 12.3. The van der Waals surface area contributed by atoms with E-state index in [-0.39, 0.29) is 6.04 Å². The minimum Gasteiger partial charge on any atom is -0.378 e. The topological polar surface area (TPSA) is 49.9 Å². The number of benzene rings is 1. The molecule has 0 bridgehead atoms. The van der Waals surface area contributed by atoms with Crippen molar-refractivity contribution in [3.05, 3.63) is 40.3 Å². The third kappa shape index (κ3) is 2.73. The van der Waals surface area contributed by atoms with Crippen LogP contribution in [0.4, 0.5) is 0 Å². The summed E-state index contributed by atoms with van der Waals surface area (Å²) in [5.41, 5.74) is 3.22. The number of hydrogen-bond acceptors (Lipinski definition) is 3. The van der Waals surface area contributed by atoms with Gasteiger partial charge in [-0.3, -0.25) is 0 Å². The molecule has 2 heterocycles. The molecule has 1 unspecified atom stereocenters. The van der Waals surface area contributed by atoms with Crippen molar-refractivity contribution in [1.29, 1.82) is 0 Å². The van der Waals surface area contributed by atoms with Crippen LogP contribution in [0.25, 0.3) is 11.3 Å². The third-order valence-electron chi connectivity index (χ3n) is 3.27. The van der Waals surface area contributed by atoms with Gasteiger partial charge < -0.3 is 15.0 Å². The highest BCUT2D eigenvalue weighted by molar-refractivity contribution is 9.10. The fourth-order valence-corrected chi connectivity index (χ4v) is 2.54. The Kier molecular flexibility index (Phi) is 3.68. The summed E-state index contributed by atoms with van der Waals surface area (Å²) < 4.78 is 6.55. The maximum absolute atomic E-state index is 5.48. The van der Waals surface area contributed by atoms with Crippen molar-refractivity contribution in [3.8, 4) is 11.3 Å². The van der Waals surface area contributed by atoms with Crippen LogP contribution >= 0.6 is 15.9 Å². The number of halogens is 1. The first-order valence-corrected chi connectivity index (χ1v) is 7.17. The Hall–Kier alpha value is -1.17. The normalized spacial score (nSPS) is 19.6. The first-order chi connectivity index (χ1) is 9.24. The molecule has 1 aromatic carbocycles. The molecule has 1 fully saturated rings. The fraction of sp³-hybridized carbons (Fsp3) is 0.357. The molecule has 0 spiro atoms. The summed E-state index contributed by atoms with van der Waals surface area (Å²) in [6, 6.07) is 8.37. The van der Waals surface area contributed by atoms with Gasteiger partial charge in [0.2, 0.25) is 0 Å². The van der Waals surface area contributed by atoms with Gasteiger partial charge in [-0.1, -0.05) is 28.1 Å². The summed E-state index contributed by atoms with van der Waals surface area (Å²) in [4.78, 5) is 8.08. The van der Waals surface area contributed by atoms with Gasteiger partial charge in [-0.05, 0) is 19.1 Å². The lowest BCUT2D eigenvalue weighted by molar-refractivity contribution is 0.0745. The molecule has 0 amide bonds. The first-order valence-electron chi connectivity index (χ1n) is 6.37. The maximum Gasteiger partial charge on any atom is 0.126 e. The number of morpholine rings is 1. The predicted octanol–water partition coefficient (Wildman–Crippen LogP) is 2.81. The molecular formula is C14H16BrN3O. The van der Waals surface area contributed by atoms with E-state index in [1.807, 2.05) is 12.1 Å². The average molecular weight is 322 g/mol. The number of rotatable bonds is 2. The van der Waals surface area contributed by atoms with Crippen LogP contribution in [0.1, 0.15) is 17.6 Å². The second-order valence-electron chi connectivity index (χ2n) is 4.68. The van der Waals surface area contributed by atoms with E-state index >= 15 is 0 Å². The van der Waals surface area contributed by atoms with E-state index in [1.54, 1.807) is 0 Å². The first kappa shape index (κ1) is 12.8. The second kappa shape index (κ2) is 5.45. The summed E-state index contributed by atoms with van der Waals surface area (Å²) in [7, 11) is 0. The molecule has 2 aromatic rings. The van der Waals surface area contributed by atoms with E-state index in [9.17, 15) is 0 Å². The Bertz CT molecular complexity index is 559. The Morgan fingerprint density at radius 2 is 2.11 bits per heavy atom. The van der Waals surface area contributed by atoms with Crippen LogP contribution in [0, 0.1) is 6.92 Å². The number of aryl methyl sites for hydroxylation is 1. The molecule has 0 radical (unpaired) electrons. The summed E-state index contributed by atoms with van der Waals surface area (Å²) >= 11 is 3.45. The van der Waals surface area contributed by atoms with Gasteiger partial charge in [0.25, 0.3) is 0 Å². The van der Waals surface area contributed by atoms with Crippen LogP contribution in [-0.4, -0.2) is 29.7 Å². The van der Waals surface area contributed by atoms with Gasteiger partial charge in [-0.15, -0.1) is 0 Å². The molecule has 1 aromatic heterocycles. The minimum absolute atomic E-state index is 0.164. The molecule has 1 atom stereocenters. The quantitative estimate of drug-likeness (QED) is 0.894. The number of hydrogen-bond donors (Lipinski definition) is 2. The van der Waals surface area contributed by atoms with Gasteiger partial charge in [0.1, 0.15) is 5.82 Å². The average Bonchev–Trinajstić information content (AvgIpc) is 2.83. The number of aromatic amines is 1. The smallest absolute Gasteiger partial charge is 0.126 e. The highest BCUT2D eigenvalue weighted by Crippen LogP contribution is 2.25. The summed E-state index contributed by atoms with van der Waals surface area (Å²) in [5, 5.41) is 3.41. The van der Waals surface area contributed by atoms with Crippen molar-refractivity contribution in [2.24, 2.45) is 0 Å². The van der Waals surface area contributed by atoms with Crippen molar-refractivity contribution >= 4 is 15.9 Å². The van der Waals surface area contributed by atoms with Crippen LogP contribution in [-0.2, 0) is 4.74 Å². The molecule has 100 valence electrons. The van der Waals surface area contributed by atoms with Crippen molar-refractivity contribution < 1.29 is 4.74 Å². The number of ether oxygens (including phenoxy) is 1. The highest BCUT2D eigenvalue weighted by Gasteiger charge is 2.20. The standard InChI is InChI=1S/C14H16BrN3O/c1-9-13(10-2-4-11(15)5-3-10)18-14(17-9)12-8-19-7-6-16-12/h2-5,12,16H,6-8H2,1H3,(H,17,18). The monoisotopic (exact) mass is 321 g/mol. The number of imidazole rings is 1. The van der Waals surface area contributed by atoms with E-state index in [4.69, 9.17) is 9.72 Å². The van der Waals surface area contributed by atoms with E-state index in [2.05, 4.69) is 45.3 Å². The minimum atomic E-state index is 0.164. The van der Waals surface area contributed by atoms with Gasteiger partial charge >= 0.3 is 0 Å². The van der Waals surface area contributed by atoms with E-state index < -0.39 is 0 Å². The van der Waals surface area contributed by atoms with Crippen molar-refractivity contribution in [3.63, 3.8) is 0 Å². The molecule has 3 rings (SSSR count). The Labute approximate surface area is 120 Å². The predicted molar refractivity (Wildman–Crippen MR) is 78.0 cm³/mol. The fourth-order valence-electron chi connectivity index (χ4n) is 2.28. The van der Waals surface area contributed by atoms with Crippen LogP contribution in [0.15, 0.2) is 28.7 Å². The zero-order chi connectivity index (χ0) is 13.2. The lowest BCUT2D eigenvalue weighted by atomic mass is 10.1. The largest absolute Gasteiger partial charge is 0.378 e. The Morgan fingerprint density at radius 3 is 2.79 bits per heavy atom. The van der Waals surface area contributed by atoms with Gasteiger partial charge in [-0.25, -0.2) is 4.98 Å². The molecule has 4 nitrogen and oxygen atoms in total. The summed E-state index contributed by atoms with van der Waals surface area (Å²) in [6.45, 7) is 4.37. The van der Waals surface area contributed by atoms with Crippen LogP contribution < -0.4 is 5.32 Å². The summed E-state index contributed by atoms with van der Waals surface area (Å²) in [6.07, 6.45) is 0. The SMILES string of the molecule is Cc1[nH]c(C2COCCN2)nc1-c1ccc(Br)cc1. The third-order valence-corrected chi connectivity index (χ3v) is 3.80. The molecule has 5 heteroatoms. The number of nitrogens with one attached hydrogen (secondary N) is 2. The van der Waals surface area contributed by atoms with Gasteiger partial charge in [-0.2, -0.15) is 0 Å². The molecule has 0 aliphatic carbocycles. The number of aromatic nitrogens is 2. The van der Waals surface area contributed by atoms with Crippen molar-refractivity contribution in [1.82, 2.24) is 15.3 Å². The van der Waals surface area contributed by atoms with Crippen LogP contribution in [0.5, 0.6) is 0 Å². The van der Waals surface area contributed by atoms with Gasteiger partial charge in [0.15, 0.2) is 0 Å². The van der Waals surface area contributed by atoms with E-state index in [0.29, 0.717) is 6.61 Å². The molecule has 1 aliphatic heterocycles. The van der Waals surface area contributed by atoms with Crippen molar-refractivity contribution in [2.45, 2.75) is 13.0 Å². The molecule has 1 aliphatic rings. The van der Waals surface area contributed by atoms with Crippen LogP contribution in [0.2, 0.25) is 0 Å². The Morgan fingerprint density at radius 1 is 1.32 bits per heavy atom. The van der Waals surface area contributed by atoms with Gasteiger partial charge in [0, 0.05) is 22.3 Å². The molecular weight excluding hydrogens is 306 g/mol. The van der Waals surface area contributed by atoms with Crippen LogP contribution in [0.3, 0.4) is 0 Å².